The monoisotopic (exact) mass is 181 g/mol. The summed E-state index contributed by atoms with van der Waals surface area (Å²) in [6, 6.07) is 3.95. The van der Waals surface area contributed by atoms with Crippen LogP contribution in [0.3, 0.4) is 0 Å². The van der Waals surface area contributed by atoms with E-state index in [9.17, 15) is 4.79 Å². The van der Waals surface area contributed by atoms with Crippen LogP contribution in [0, 0.1) is 5.92 Å². The van der Waals surface area contributed by atoms with Gasteiger partial charge in [0.1, 0.15) is 0 Å². The van der Waals surface area contributed by atoms with Crippen LogP contribution in [-0.4, -0.2) is 15.6 Å². The molecule has 0 radical (unpaired) electrons. The first-order valence-electron chi connectivity index (χ1n) is 4.51. The minimum atomic E-state index is -0.708. The predicted octanol–water partition coefficient (Wildman–Crippen LogP) is 1.99. The van der Waals surface area contributed by atoms with Crippen molar-refractivity contribution in [2.45, 2.75) is 26.3 Å². The van der Waals surface area contributed by atoms with Crippen molar-refractivity contribution in [2.75, 3.05) is 0 Å². The van der Waals surface area contributed by atoms with E-state index in [1.54, 1.807) is 0 Å². The van der Waals surface area contributed by atoms with E-state index in [1.807, 2.05) is 31.5 Å². The van der Waals surface area contributed by atoms with Crippen LogP contribution < -0.4 is 0 Å². The zero-order valence-corrected chi connectivity index (χ0v) is 7.81. The van der Waals surface area contributed by atoms with Crippen molar-refractivity contribution in [1.82, 2.24) is 4.57 Å². The lowest BCUT2D eigenvalue weighted by atomic mass is 10.0. The van der Waals surface area contributed by atoms with Gasteiger partial charge in [-0.2, -0.15) is 0 Å². The highest BCUT2D eigenvalue weighted by Gasteiger charge is 2.06. The fraction of sp³-hybridized carbons (Fsp3) is 0.500. The lowest BCUT2D eigenvalue weighted by Crippen LogP contribution is -2.07. The molecule has 0 aliphatic heterocycles. The fourth-order valence-electron chi connectivity index (χ4n) is 1.29. The summed E-state index contributed by atoms with van der Waals surface area (Å²) in [6.07, 6.45) is 5.17. The third-order valence-electron chi connectivity index (χ3n) is 2.07. The molecule has 0 saturated heterocycles. The Hall–Kier alpha value is -1.25. The van der Waals surface area contributed by atoms with Gasteiger partial charge in [0.2, 0.25) is 0 Å². The quantitative estimate of drug-likeness (QED) is 0.754. The molecule has 0 aromatic carbocycles. The van der Waals surface area contributed by atoms with Crippen molar-refractivity contribution >= 4 is 5.97 Å². The number of nitrogens with zero attached hydrogens (tertiary/aromatic N) is 1. The highest BCUT2D eigenvalue weighted by Crippen LogP contribution is 2.08. The molecule has 1 unspecified atom stereocenters. The number of carboxylic acids is 1. The van der Waals surface area contributed by atoms with Gasteiger partial charge >= 0.3 is 5.97 Å². The van der Waals surface area contributed by atoms with Gasteiger partial charge in [-0.15, -0.1) is 0 Å². The molecule has 13 heavy (non-hydrogen) atoms. The molecule has 1 aromatic rings. The molecule has 0 amide bonds. The van der Waals surface area contributed by atoms with Gasteiger partial charge in [0, 0.05) is 25.4 Å². The molecule has 0 aliphatic carbocycles. The fourth-order valence-corrected chi connectivity index (χ4v) is 1.29. The molecule has 1 atom stereocenters. The average Bonchev–Trinajstić information content (AvgIpc) is 2.51. The van der Waals surface area contributed by atoms with E-state index >= 15 is 0 Å². The summed E-state index contributed by atoms with van der Waals surface area (Å²) < 4.78 is 2.07. The van der Waals surface area contributed by atoms with Gasteiger partial charge < -0.3 is 9.67 Å². The first-order valence-corrected chi connectivity index (χ1v) is 4.51. The molecule has 0 fully saturated rings. The maximum absolute atomic E-state index is 10.4. The number of aliphatic carboxylic acids is 1. The second-order valence-electron chi connectivity index (χ2n) is 3.41. The normalized spacial score (nSPS) is 12.7. The van der Waals surface area contributed by atoms with Crippen molar-refractivity contribution in [3.05, 3.63) is 24.5 Å². The Balaban J connectivity index is 2.22. The molecular formula is C10H15NO2. The number of carbonyl (C=O) groups is 1. The highest BCUT2D eigenvalue weighted by molar-refractivity contribution is 5.66. The molecule has 72 valence electrons. The van der Waals surface area contributed by atoms with Gasteiger partial charge in [0.05, 0.1) is 0 Å². The molecule has 0 bridgehead atoms. The molecule has 1 N–H and O–H groups in total. The lowest BCUT2D eigenvalue weighted by Gasteiger charge is -2.08. The SMILES string of the molecule is CC(CCn1cccc1)CC(=O)O. The molecule has 3 heteroatoms. The van der Waals surface area contributed by atoms with Crippen LogP contribution in [0.15, 0.2) is 24.5 Å². The summed E-state index contributed by atoms with van der Waals surface area (Å²) in [7, 11) is 0. The van der Waals surface area contributed by atoms with Crippen molar-refractivity contribution in [1.29, 1.82) is 0 Å². The molecule has 1 heterocycles. The van der Waals surface area contributed by atoms with Gasteiger partial charge in [-0.1, -0.05) is 6.92 Å². The molecule has 1 rings (SSSR count). The van der Waals surface area contributed by atoms with E-state index in [4.69, 9.17) is 5.11 Å². The smallest absolute Gasteiger partial charge is 0.303 e. The third-order valence-corrected chi connectivity index (χ3v) is 2.07. The van der Waals surface area contributed by atoms with E-state index < -0.39 is 5.97 Å². The van der Waals surface area contributed by atoms with Gasteiger partial charge in [0.25, 0.3) is 0 Å². The van der Waals surface area contributed by atoms with Crippen molar-refractivity contribution < 1.29 is 9.90 Å². The maximum atomic E-state index is 10.4. The van der Waals surface area contributed by atoms with Gasteiger partial charge in [-0.3, -0.25) is 4.79 Å². The van der Waals surface area contributed by atoms with Crippen LogP contribution >= 0.6 is 0 Å². The van der Waals surface area contributed by atoms with E-state index in [-0.39, 0.29) is 12.3 Å². The molecule has 3 nitrogen and oxygen atoms in total. The van der Waals surface area contributed by atoms with E-state index in [1.165, 1.54) is 0 Å². The molecule has 0 spiro atoms. The topological polar surface area (TPSA) is 42.2 Å². The first-order chi connectivity index (χ1) is 6.18. The van der Waals surface area contributed by atoms with Crippen LogP contribution in [0.5, 0.6) is 0 Å². The van der Waals surface area contributed by atoms with E-state index in [0.717, 1.165) is 13.0 Å². The van der Waals surface area contributed by atoms with Crippen LogP contribution in [0.25, 0.3) is 0 Å². The molecule has 0 saturated carbocycles. The molecule has 1 aromatic heterocycles. The third kappa shape index (κ3) is 3.78. The summed E-state index contributed by atoms with van der Waals surface area (Å²) in [6.45, 7) is 2.87. The second-order valence-corrected chi connectivity index (χ2v) is 3.41. The van der Waals surface area contributed by atoms with Gasteiger partial charge in [0.15, 0.2) is 0 Å². The number of aryl methyl sites for hydroxylation is 1. The van der Waals surface area contributed by atoms with Crippen molar-refractivity contribution in [3.8, 4) is 0 Å². The minimum Gasteiger partial charge on any atom is -0.481 e. The highest BCUT2D eigenvalue weighted by atomic mass is 16.4. The van der Waals surface area contributed by atoms with E-state index in [2.05, 4.69) is 4.57 Å². The Morgan fingerprint density at radius 3 is 2.62 bits per heavy atom. The van der Waals surface area contributed by atoms with Crippen LogP contribution in [0.2, 0.25) is 0 Å². The van der Waals surface area contributed by atoms with Crippen LogP contribution in [0.1, 0.15) is 19.8 Å². The Morgan fingerprint density at radius 2 is 2.08 bits per heavy atom. The number of carboxylic acid groups (broad SMARTS) is 1. The summed E-state index contributed by atoms with van der Waals surface area (Å²) in [4.78, 5) is 10.4. The maximum Gasteiger partial charge on any atom is 0.303 e. The lowest BCUT2D eigenvalue weighted by molar-refractivity contribution is -0.138. The Labute approximate surface area is 78.0 Å². The predicted molar refractivity (Wildman–Crippen MR) is 50.5 cm³/mol. The van der Waals surface area contributed by atoms with E-state index in [0.29, 0.717) is 0 Å². The summed E-state index contributed by atoms with van der Waals surface area (Å²) in [5, 5.41) is 8.53. The second kappa shape index (κ2) is 4.70. The number of hydrogen-bond donors (Lipinski definition) is 1. The Bertz CT molecular complexity index is 254. The van der Waals surface area contributed by atoms with Gasteiger partial charge in [-0.05, 0) is 24.5 Å². The average molecular weight is 181 g/mol. The van der Waals surface area contributed by atoms with Crippen molar-refractivity contribution in [2.24, 2.45) is 5.92 Å². The summed E-state index contributed by atoms with van der Waals surface area (Å²) in [5.41, 5.74) is 0. The van der Waals surface area contributed by atoms with Crippen LogP contribution in [-0.2, 0) is 11.3 Å². The first kappa shape index (κ1) is 9.84. The Morgan fingerprint density at radius 1 is 1.46 bits per heavy atom. The van der Waals surface area contributed by atoms with Crippen molar-refractivity contribution in [3.63, 3.8) is 0 Å². The minimum absolute atomic E-state index is 0.250. The molecule has 0 aliphatic rings. The zero-order valence-electron chi connectivity index (χ0n) is 7.81. The van der Waals surface area contributed by atoms with Gasteiger partial charge in [-0.25, -0.2) is 0 Å². The zero-order chi connectivity index (χ0) is 9.68. The molecular weight excluding hydrogens is 166 g/mol. The number of aromatic nitrogens is 1. The van der Waals surface area contributed by atoms with Crippen LogP contribution in [0.4, 0.5) is 0 Å². The summed E-state index contributed by atoms with van der Waals surface area (Å²) >= 11 is 0. The number of rotatable bonds is 5. The largest absolute Gasteiger partial charge is 0.481 e. The standard InChI is InChI=1S/C10H15NO2/c1-9(8-10(12)13)4-7-11-5-2-3-6-11/h2-3,5-6,9H,4,7-8H2,1H3,(H,12,13). The number of hydrogen-bond acceptors (Lipinski definition) is 1. The summed E-state index contributed by atoms with van der Waals surface area (Å²) in [5.74, 6) is -0.458. The Kier molecular flexibility index (Phi) is 3.55.